The zero-order chi connectivity index (χ0) is 24.9. The number of rotatable bonds is 11. The highest BCUT2D eigenvalue weighted by molar-refractivity contribution is 6.35. The van der Waals surface area contributed by atoms with E-state index in [-0.39, 0.29) is 18.6 Å². The van der Waals surface area contributed by atoms with Gasteiger partial charge in [0.25, 0.3) is 5.91 Å². The summed E-state index contributed by atoms with van der Waals surface area (Å²) < 4.78 is 10.9. The average Bonchev–Trinajstić information content (AvgIpc) is 2.80. The Morgan fingerprint density at radius 2 is 1.82 bits per heavy atom. The van der Waals surface area contributed by atoms with Crippen molar-refractivity contribution in [2.24, 2.45) is 5.10 Å². The van der Waals surface area contributed by atoms with Crippen LogP contribution < -0.4 is 20.8 Å². The van der Waals surface area contributed by atoms with Crippen LogP contribution in [0.2, 0.25) is 0 Å². The summed E-state index contributed by atoms with van der Waals surface area (Å²) in [6.07, 6.45) is 2.11. The Bertz CT molecular complexity index is 1020. The Morgan fingerprint density at radius 3 is 2.59 bits per heavy atom. The van der Waals surface area contributed by atoms with E-state index in [1.807, 2.05) is 45.9 Å². The van der Waals surface area contributed by atoms with Crippen molar-refractivity contribution in [3.05, 3.63) is 59.2 Å². The molecular formula is C25H32N4O5. The molecular weight excluding hydrogens is 436 g/mol. The predicted octanol–water partition coefficient (Wildman–Crippen LogP) is 2.70. The maximum atomic E-state index is 12.2. The van der Waals surface area contributed by atoms with Crippen LogP contribution in [-0.4, -0.2) is 49.8 Å². The Labute approximate surface area is 199 Å². The summed E-state index contributed by atoms with van der Waals surface area (Å²) in [7, 11) is 0. The molecule has 0 spiro atoms. The maximum Gasteiger partial charge on any atom is 0.329 e. The van der Waals surface area contributed by atoms with Gasteiger partial charge in [0.05, 0.1) is 12.3 Å². The topological polar surface area (TPSA) is 118 Å². The monoisotopic (exact) mass is 468 g/mol. The Kier molecular flexibility index (Phi) is 10.7. The number of benzene rings is 2. The van der Waals surface area contributed by atoms with Gasteiger partial charge in [0, 0.05) is 18.8 Å². The average molecular weight is 469 g/mol. The molecule has 0 saturated heterocycles. The number of nitrogens with zero attached hydrogens (tertiary/aromatic N) is 1. The number of carbonyl (C=O) groups excluding carboxylic acids is 3. The van der Waals surface area contributed by atoms with E-state index in [1.54, 1.807) is 24.3 Å². The van der Waals surface area contributed by atoms with Crippen LogP contribution in [-0.2, 0) is 19.1 Å². The van der Waals surface area contributed by atoms with Crippen LogP contribution in [0, 0.1) is 13.8 Å². The lowest BCUT2D eigenvalue weighted by atomic mass is 10.1. The van der Waals surface area contributed by atoms with Crippen LogP contribution in [0.25, 0.3) is 0 Å². The third kappa shape index (κ3) is 9.41. The first-order valence-corrected chi connectivity index (χ1v) is 11.1. The number of aryl methyl sites for hydroxylation is 1. The molecule has 3 amide bonds. The molecule has 2 rings (SSSR count). The van der Waals surface area contributed by atoms with Crippen molar-refractivity contribution < 1.29 is 23.9 Å². The van der Waals surface area contributed by atoms with E-state index in [2.05, 4.69) is 21.2 Å². The molecule has 2 aromatic carbocycles. The Balaban J connectivity index is 1.77. The highest BCUT2D eigenvalue weighted by Gasteiger charge is 2.11. The quantitative estimate of drug-likeness (QED) is 0.203. The summed E-state index contributed by atoms with van der Waals surface area (Å²) >= 11 is 0. The van der Waals surface area contributed by atoms with Crippen molar-refractivity contribution in [2.75, 3.05) is 25.1 Å². The molecule has 9 nitrogen and oxygen atoms in total. The van der Waals surface area contributed by atoms with Gasteiger partial charge < -0.3 is 20.1 Å². The molecule has 2 aromatic rings. The largest absolute Gasteiger partial charge is 0.484 e. The normalized spacial score (nSPS) is 10.9. The standard InChI is InChI=1S/C25H32N4O5/c1-17(2)33-13-7-12-26-24(31)25(32)29-27-15-20-9-6-10-21(14-20)34-16-23(30)28-22-11-5-8-18(3)19(22)4/h5-6,8-11,14-15,17H,7,12-13,16H2,1-4H3,(H,26,31)(H,28,30)(H,29,32)/b27-15-. The molecule has 0 unspecified atom stereocenters. The van der Waals surface area contributed by atoms with Crippen molar-refractivity contribution in [3.63, 3.8) is 0 Å². The first-order chi connectivity index (χ1) is 16.3. The Hall–Kier alpha value is -3.72. The zero-order valence-corrected chi connectivity index (χ0v) is 20.0. The number of carbonyl (C=O) groups is 3. The molecule has 0 aromatic heterocycles. The fraction of sp³-hybridized carbons (Fsp3) is 0.360. The van der Waals surface area contributed by atoms with Gasteiger partial charge in [0.2, 0.25) is 0 Å². The van der Waals surface area contributed by atoms with Crippen molar-refractivity contribution in [3.8, 4) is 5.75 Å². The Morgan fingerprint density at radius 1 is 1.06 bits per heavy atom. The molecule has 0 heterocycles. The van der Waals surface area contributed by atoms with Crippen LogP contribution in [0.5, 0.6) is 5.75 Å². The van der Waals surface area contributed by atoms with E-state index >= 15 is 0 Å². The number of hydrazone groups is 1. The zero-order valence-electron chi connectivity index (χ0n) is 20.0. The molecule has 9 heteroatoms. The van der Waals surface area contributed by atoms with Crippen molar-refractivity contribution in [1.82, 2.24) is 10.7 Å². The molecule has 0 aliphatic rings. The summed E-state index contributed by atoms with van der Waals surface area (Å²) in [6, 6.07) is 12.5. The first kappa shape index (κ1) is 26.5. The summed E-state index contributed by atoms with van der Waals surface area (Å²) in [5, 5.41) is 9.13. The molecule has 0 radical (unpaired) electrons. The third-order valence-corrected chi connectivity index (χ3v) is 4.75. The summed E-state index contributed by atoms with van der Waals surface area (Å²) in [6.45, 7) is 8.45. The number of ether oxygens (including phenoxy) is 2. The maximum absolute atomic E-state index is 12.2. The number of amides is 3. The van der Waals surface area contributed by atoms with E-state index in [4.69, 9.17) is 9.47 Å². The van der Waals surface area contributed by atoms with Gasteiger partial charge in [0.15, 0.2) is 6.61 Å². The minimum absolute atomic E-state index is 0.122. The van der Waals surface area contributed by atoms with Gasteiger partial charge in [-0.15, -0.1) is 0 Å². The molecule has 34 heavy (non-hydrogen) atoms. The van der Waals surface area contributed by atoms with E-state index in [0.29, 0.717) is 30.9 Å². The minimum Gasteiger partial charge on any atom is -0.484 e. The van der Waals surface area contributed by atoms with Gasteiger partial charge in [0.1, 0.15) is 5.75 Å². The summed E-state index contributed by atoms with van der Waals surface area (Å²) in [5.41, 5.74) is 5.65. The van der Waals surface area contributed by atoms with Crippen LogP contribution in [0.15, 0.2) is 47.6 Å². The van der Waals surface area contributed by atoms with Crippen LogP contribution in [0.4, 0.5) is 5.69 Å². The van der Waals surface area contributed by atoms with E-state index in [0.717, 1.165) is 16.8 Å². The second-order valence-corrected chi connectivity index (χ2v) is 7.88. The first-order valence-electron chi connectivity index (χ1n) is 11.1. The van der Waals surface area contributed by atoms with Crippen molar-refractivity contribution in [2.45, 2.75) is 40.2 Å². The molecule has 3 N–H and O–H groups in total. The lowest BCUT2D eigenvalue weighted by Gasteiger charge is -2.11. The van der Waals surface area contributed by atoms with Gasteiger partial charge in [-0.05, 0) is 69.0 Å². The van der Waals surface area contributed by atoms with Crippen molar-refractivity contribution >= 4 is 29.6 Å². The SMILES string of the molecule is Cc1cccc(NC(=O)COc2cccc(/C=N\NC(=O)C(=O)NCCCOC(C)C)c2)c1C. The fourth-order valence-electron chi connectivity index (χ4n) is 2.80. The van der Waals surface area contributed by atoms with E-state index < -0.39 is 11.8 Å². The van der Waals surface area contributed by atoms with Crippen molar-refractivity contribution in [1.29, 1.82) is 0 Å². The number of hydrogen-bond donors (Lipinski definition) is 3. The van der Waals surface area contributed by atoms with Gasteiger partial charge in [-0.25, -0.2) is 5.43 Å². The molecule has 0 fully saturated rings. The predicted molar refractivity (Wildman–Crippen MR) is 131 cm³/mol. The smallest absolute Gasteiger partial charge is 0.329 e. The summed E-state index contributed by atoms with van der Waals surface area (Å²) in [4.78, 5) is 35.8. The van der Waals surface area contributed by atoms with Gasteiger partial charge in [-0.1, -0.05) is 24.3 Å². The summed E-state index contributed by atoms with van der Waals surface area (Å²) in [5.74, 6) is -1.44. The molecule has 0 aliphatic heterocycles. The van der Waals surface area contributed by atoms with Gasteiger partial charge in [-0.3, -0.25) is 14.4 Å². The number of nitrogens with one attached hydrogen (secondary N) is 3. The molecule has 0 aliphatic carbocycles. The third-order valence-electron chi connectivity index (χ3n) is 4.75. The second kappa shape index (κ2) is 13.7. The molecule has 0 saturated carbocycles. The lowest BCUT2D eigenvalue weighted by molar-refractivity contribution is -0.139. The van der Waals surface area contributed by atoms with Crippen LogP contribution >= 0.6 is 0 Å². The molecule has 182 valence electrons. The van der Waals surface area contributed by atoms with E-state index in [1.165, 1.54) is 6.21 Å². The second-order valence-electron chi connectivity index (χ2n) is 7.88. The lowest BCUT2D eigenvalue weighted by Crippen LogP contribution is -2.38. The van der Waals surface area contributed by atoms with Gasteiger partial charge >= 0.3 is 11.8 Å². The van der Waals surface area contributed by atoms with Gasteiger partial charge in [-0.2, -0.15) is 5.10 Å². The van der Waals surface area contributed by atoms with Crippen LogP contribution in [0.1, 0.15) is 37.0 Å². The van der Waals surface area contributed by atoms with Crippen LogP contribution in [0.3, 0.4) is 0 Å². The highest BCUT2D eigenvalue weighted by atomic mass is 16.5. The number of anilines is 1. The minimum atomic E-state index is -0.864. The van der Waals surface area contributed by atoms with E-state index in [9.17, 15) is 14.4 Å². The molecule has 0 bridgehead atoms. The fourth-order valence-corrected chi connectivity index (χ4v) is 2.80. The number of hydrogen-bond acceptors (Lipinski definition) is 6. The molecule has 0 atom stereocenters. The highest BCUT2D eigenvalue weighted by Crippen LogP contribution is 2.18.